The number of nitrogens with zero attached hydrogens (tertiary/aromatic N) is 1. The van der Waals surface area contributed by atoms with Gasteiger partial charge in [-0.25, -0.2) is 0 Å². The average Bonchev–Trinajstić information content (AvgIpc) is 3.44. The van der Waals surface area contributed by atoms with Crippen molar-refractivity contribution in [1.82, 2.24) is 0 Å². The lowest BCUT2D eigenvalue weighted by Crippen LogP contribution is -2.55. The Kier molecular flexibility index (Phi) is 5.91. The van der Waals surface area contributed by atoms with E-state index in [0.29, 0.717) is 0 Å². The van der Waals surface area contributed by atoms with E-state index < -0.39 is 0 Å². The van der Waals surface area contributed by atoms with Crippen LogP contribution in [0.3, 0.4) is 0 Å². The van der Waals surface area contributed by atoms with E-state index in [1.165, 1.54) is 93.0 Å². The monoisotopic (exact) mass is 629 g/mol. The Morgan fingerprint density at radius 3 is 1.84 bits per heavy atom. The highest BCUT2D eigenvalue weighted by atomic mass is 15.1. The molecule has 0 saturated heterocycles. The highest BCUT2D eigenvalue weighted by molar-refractivity contribution is 6.08. The number of benzene rings is 7. The largest absolute Gasteiger partial charge is 0.310 e. The van der Waals surface area contributed by atoms with Gasteiger partial charge in [0.25, 0.3) is 0 Å². The second-order valence-electron chi connectivity index (χ2n) is 15.4. The zero-order valence-corrected chi connectivity index (χ0v) is 27.7. The second kappa shape index (κ2) is 10.4. The Hall–Kier alpha value is -5.14. The molecule has 4 fully saturated rings. The summed E-state index contributed by atoms with van der Waals surface area (Å²) in [6.07, 6.45) is 7.15. The van der Waals surface area contributed by atoms with Crippen molar-refractivity contribution in [3.05, 3.63) is 163 Å². The molecule has 49 heavy (non-hydrogen) atoms. The van der Waals surface area contributed by atoms with Crippen LogP contribution >= 0.6 is 0 Å². The second-order valence-corrected chi connectivity index (χ2v) is 15.4. The SMILES string of the molecule is c1ccc(N(c2ccc(-c3ccc4c(ccc5ccccc54)c3)cc2)c2ccc3c(c2)-c2ccccc2C32C3CC4CC(C3)CC2C4)cc1. The molecule has 7 aromatic carbocycles. The Bertz CT molecular complexity index is 2370. The van der Waals surface area contributed by atoms with Gasteiger partial charge in [0, 0.05) is 22.5 Å². The van der Waals surface area contributed by atoms with Crippen LogP contribution in [0.25, 0.3) is 43.8 Å². The molecule has 0 aliphatic heterocycles. The van der Waals surface area contributed by atoms with Crippen molar-refractivity contribution in [3.8, 4) is 22.3 Å². The fraction of sp³-hybridized carbons (Fsp3) is 0.208. The van der Waals surface area contributed by atoms with Crippen molar-refractivity contribution in [1.29, 1.82) is 0 Å². The standard InChI is InChI=1S/C48H39N/c1-2-9-39(10-3-1)49(40-19-16-33(17-20-40)35-18-22-43-36(29-35)15-14-34-8-4-5-11-42(34)43)41-21-23-47-45(30-41)44-12-6-7-13-46(44)48(47)37-25-31-24-32(27-37)28-38(48)26-31/h1-23,29-32,37-38H,24-28H2. The summed E-state index contributed by atoms with van der Waals surface area (Å²) in [6, 6.07) is 57.1. The third kappa shape index (κ3) is 3.99. The summed E-state index contributed by atoms with van der Waals surface area (Å²) in [6.45, 7) is 0. The number of para-hydroxylation sites is 1. The van der Waals surface area contributed by atoms with Crippen molar-refractivity contribution in [2.24, 2.45) is 23.7 Å². The number of anilines is 3. The molecule has 12 rings (SSSR count). The van der Waals surface area contributed by atoms with Crippen LogP contribution in [0.2, 0.25) is 0 Å². The first-order valence-electron chi connectivity index (χ1n) is 18.4. The fourth-order valence-corrected chi connectivity index (χ4v) is 11.3. The van der Waals surface area contributed by atoms with Crippen LogP contribution in [0.4, 0.5) is 17.1 Å². The van der Waals surface area contributed by atoms with E-state index in [1.807, 2.05) is 0 Å². The van der Waals surface area contributed by atoms with Gasteiger partial charge in [-0.1, -0.05) is 109 Å². The minimum Gasteiger partial charge on any atom is -0.310 e. The Morgan fingerprint density at radius 2 is 1.02 bits per heavy atom. The molecule has 1 spiro atoms. The van der Waals surface area contributed by atoms with Crippen LogP contribution < -0.4 is 4.90 Å². The first kappa shape index (κ1) is 27.8. The molecule has 0 unspecified atom stereocenters. The summed E-state index contributed by atoms with van der Waals surface area (Å²) in [5.74, 6) is 3.47. The normalized spacial score (nSPS) is 24.4. The molecule has 4 bridgehead atoms. The smallest absolute Gasteiger partial charge is 0.0468 e. The molecule has 0 N–H and O–H groups in total. The molecule has 0 aromatic heterocycles. The molecule has 0 heterocycles. The molecule has 0 radical (unpaired) electrons. The lowest BCUT2D eigenvalue weighted by molar-refractivity contribution is -0.0399. The Labute approximate surface area is 288 Å². The first-order chi connectivity index (χ1) is 24.2. The molecule has 236 valence electrons. The van der Waals surface area contributed by atoms with E-state index in [4.69, 9.17) is 0 Å². The summed E-state index contributed by atoms with van der Waals surface area (Å²) in [4.78, 5) is 2.45. The molecule has 0 amide bonds. The minimum absolute atomic E-state index is 0.198. The highest BCUT2D eigenvalue weighted by Gasteiger charge is 2.61. The number of hydrogen-bond acceptors (Lipinski definition) is 1. The predicted octanol–water partition coefficient (Wildman–Crippen LogP) is 12.9. The van der Waals surface area contributed by atoms with Gasteiger partial charge in [-0.3, -0.25) is 0 Å². The summed E-state index contributed by atoms with van der Waals surface area (Å²) in [5, 5.41) is 5.19. The first-order valence-corrected chi connectivity index (χ1v) is 18.4. The Balaban J connectivity index is 1.01. The van der Waals surface area contributed by atoms with Gasteiger partial charge < -0.3 is 4.90 Å². The van der Waals surface area contributed by atoms with Crippen molar-refractivity contribution in [2.45, 2.75) is 37.5 Å². The van der Waals surface area contributed by atoms with Crippen LogP contribution in [0, 0.1) is 23.7 Å². The molecular weight excluding hydrogens is 591 g/mol. The van der Waals surface area contributed by atoms with Gasteiger partial charge >= 0.3 is 0 Å². The van der Waals surface area contributed by atoms with Crippen LogP contribution in [0.15, 0.2) is 152 Å². The molecule has 0 atom stereocenters. The third-order valence-corrected chi connectivity index (χ3v) is 13.0. The maximum absolute atomic E-state index is 2.54. The van der Waals surface area contributed by atoms with Crippen LogP contribution in [0.1, 0.15) is 43.2 Å². The number of fused-ring (bicyclic) bond motifs is 6. The van der Waals surface area contributed by atoms with Crippen molar-refractivity contribution >= 4 is 38.6 Å². The van der Waals surface area contributed by atoms with Crippen molar-refractivity contribution in [2.75, 3.05) is 4.90 Å². The van der Waals surface area contributed by atoms with Crippen LogP contribution in [0.5, 0.6) is 0 Å². The van der Waals surface area contributed by atoms with E-state index in [9.17, 15) is 0 Å². The summed E-state index contributed by atoms with van der Waals surface area (Å²) >= 11 is 0. The number of rotatable bonds is 4. The van der Waals surface area contributed by atoms with Crippen molar-refractivity contribution in [3.63, 3.8) is 0 Å². The average molecular weight is 630 g/mol. The molecule has 5 aliphatic rings. The predicted molar refractivity (Wildman–Crippen MR) is 205 cm³/mol. The van der Waals surface area contributed by atoms with Crippen LogP contribution in [-0.2, 0) is 5.41 Å². The zero-order valence-electron chi connectivity index (χ0n) is 27.7. The lowest BCUT2D eigenvalue weighted by atomic mass is 9.43. The molecule has 5 aliphatic carbocycles. The molecule has 1 nitrogen and oxygen atoms in total. The topological polar surface area (TPSA) is 3.24 Å². The molecule has 4 saturated carbocycles. The summed E-state index contributed by atoms with van der Waals surface area (Å²) in [5.41, 5.74) is 12.4. The van der Waals surface area contributed by atoms with Crippen molar-refractivity contribution < 1.29 is 0 Å². The van der Waals surface area contributed by atoms with Gasteiger partial charge in [-0.15, -0.1) is 0 Å². The van der Waals surface area contributed by atoms with E-state index in [2.05, 4.69) is 157 Å². The van der Waals surface area contributed by atoms with E-state index in [1.54, 1.807) is 11.1 Å². The van der Waals surface area contributed by atoms with Gasteiger partial charge in [0.2, 0.25) is 0 Å². The van der Waals surface area contributed by atoms with Gasteiger partial charge in [-0.05, 0) is 153 Å². The Morgan fingerprint density at radius 1 is 0.408 bits per heavy atom. The maximum Gasteiger partial charge on any atom is 0.0468 e. The van der Waals surface area contributed by atoms with E-state index in [-0.39, 0.29) is 5.41 Å². The molecule has 7 aromatic rings. The van der Waals surface area contributed by atoms with Gasteiger partial charge in [0.1, 0.15) is 0 Å². The van der Waals surface area contributed by atoms with Gasteiger partial charge in [-0.2, -0.15) is 0 Å². The van der Waals surface area contributed by atoms with E-state index in [0.717, 1.165) is 23.7 Å². The molecule has 1 heteroatoms. The zero-order chi connectivity index (χ0) is 32.1. The third-order valence-electron chi connectivity index (χ3n) is 13.0. The van der Waals surface area contributed by atoms with Crippen LogP contribution in [-0.4, -0.2) is 0 Å². The highest BCUT2D eigenvalue weighted by Crippen LogP contribution is 2.69. The van der Waals surface area contributed by atoms with E-state index >= 15 is 0 Å². The quantitative estimate of drug-likeness (QED) is 0.175. The van der Waals surface area contributed by atoms with Gasteiger partial charge in [0.05, 0.1) is 0 Å². The van der Waals surface area contributed by atoms with Gasteiger partial charge in [0.15, 0.2) is 0 Å². The molecular formula is C48H39N. The fourth-order valence-electron chi connectivity index (χ4n) is 11.3. The summed E-state index contributed by atoms with van der Waals surface area (Å²) in [7, 11) is 0. The lowest BCUT2D eigenvalue weighted by Gasteiger charge is -2.61. The minimum atomic E-state index is 0.198. The number of hydrogen-bond donors (Lipinski definition) is 0. The summed E-state index contributed by atoms with van der Waals surface area (Å²) < 4.78 is 0. The maximum atomic E-state index is 2.54.